The van der Waals surface area contributed by atoms with Crippen LogP contribution >= 0.6 is 0 Å². The van der Waals surface area contributed by atoms with Crippen LogP contribution in [0, 0.1) is 0 Å². The molecule has 0 amide bonds. The third kappa shape index (κ3) is 2.96. The quantitative estimate of drug-likeness (QED) is 0.652. The van der Waals surface area contributed by atoms with Crippen molar-refractivity contribution in [3.05, 3.63) is 54.7 Å². The number of hydrogen-bond acceptors (Lipinski definition) is 6. The number of ether oxygens (including phenoxy) is 2. The van der Waals surface area contributed by atoms with Crippen LogP contribution in [0.3, 0.4) is 0 Å². The van der Waals surface area contributed by atoms with Crippen LogP contribution in [-0.2, 0) is 9.47 Å². The standard InChI is InChI=1S/C21H22N4O3/c1-24-14-6-17(7-15(24)12-27-11-14)28-21(26)19-10-25(16-8-22-13-23-9-16)20-5-3-2-4-18(19)20/h2-5,8-10,13-15,17H,6-7,11-12H2,1H3/t14-,15+,17-. The summed E-state index contributed by atoms with van der Waals surface area (Å²) in [6, 6.07) is 8.44. The third-order valence-corrected chi connectivity index (χ3v) is 5.87. The van der Waals surface area contributed by atoms with Gasteiger partial charge in [0.1, 0.15) is 12.4 Å². The van der Waals surface area contributed by atoms with Crippen LogP contribution in [0.1, 0.15) is 23.2 Å². The van der Waals surface area contributed by atoms with Crippen molar-refractivity contribution in [3.63, 3.8) is 0 Å². The van der Waals surface area contributed by atoms with E-state index in [-0.39, 0.29) is 12.1 Å². The summed E-state index contributed by atoms with van der Waals surface area (Å²) >= 11 is 0. The summed E-state index contributed by atoms with van der Waals surface area (Å²) in [6.07, 6.45) is 8.31. The minimum Gasteiger partial charge on any atom is -0.459 e. The third-order valence-electron chi connectivity index (χ3n) is 5.87. The fourth-order valence-corrected chi connectivity index (χ4v) is 4.33. The Kier molecular flexibility index (Phi) is 4.33. The molecule has 3 atom stereocenters. The van der Waals surface area contributed by atoms with Gasteiger partial charge in [-0.1, -0.05) is 18.2 Å². The highest BCUT2D eigenvalue weighted by atomic mass is 16.5. The van der Waals surface area contributed by atoms with Gasteiger partial charge in [-0.3, -0.25) is 4.90 Å². The maximum atomic E-state index is 13.1. The van der Waals surface area contributed by atoms with Crippen LogP contribution in [0.5, 0.6) is 0 Å². The first-order valence-electron chi connectivity index (χ1n) is 9.57. The number of para-hydroxylation sites is 1. The van der Waals surface area contributed by atoms with Crippen molar-refractivity contribution in [2.45, 2.75) is 31.0 Å². The molecular weight excluding hydrogens is 356 g/mol. The summed E-state index contributed by atoms with van der Waals surface area (Å²) in [6.45, 7) is 1.41. The molecule has 2 aliphatic rings. The van der Waals surface area contributed by atoms with Crippen molar-refractivity contribution >= 4 is 16.9 Å². The number of hydrogen-bond donors (Lipinski definition) is 0. The lowest BCUT2D eigenvalue weighted by Crippen LogP contribution is -2.56. The monoisotopic (exact) mass is 378 g/mol. The Bertz CT molecular complexity index is 989. The van der Waals surface area contributed by atoms with Crippen molar-refractivity contribution in [2.75, 3.05) is 20.3 Å². The van der Waals surface area contributed by atoms with Crippen LogP contribution in [0.25, 0.3) is 16.6 Å². The second kappa shape index (κ2) is 7.00. The summed E-state index contributed by atoms with van der Waals surface area (Å²) in [7, 11) is 2.13. The molecule has 2 fully saturated rings. The van der Waals surface area contributed by atoms with Gasteiger partial charge in [0.25, 0.3) is 0 Å². The number of rotatable bonds is 3. The van der Waals surface area contributed by atoms with Crippen molar-refractivity contribution in [1.82, 2.24) is 19.4 Å². The molecule has 7 heteroatoms. The molecular formula is C21H22N4O3. The Morgan fingerprint density at radius 1 is 1.14 bits per heavy atom. The molecule has 0 spiro atoms. The fourth-order valence-electron chi connectivity index (χ4n) is 4.33. The van der Waals surface area contributed by atoms with E-state index in [2.05, 4.69) is 21.9 Å². The van der Waals surface area contributed by atoms with Crippen LogP contribution in [-0.4, -0.2) is 63.9 Å². The second-order valence-electron chi connectivity index (χ2n) is 7.54. The maximum Gasteiger partial charge on any atom is 0.340 e. The molecule has 0 radical (unpaired) electrons. The van der Waals surface area contributed by atoms with Crippen LogP contribution in [0.2, 0.25) is 0 Å². The SMILES string of the molecule is CN1[C@@H]2COC[C@H]1C[C@@H](OC(=O)c1cn(-c3cncnc3)c3ccccc13)C2. The Labute approximate surface area is 162 Å². The summed E-state index contributed by atoms with van der Waals surface area (Å²) < 4.78 is 13.5. The molecule has 7 nitrogen and oxygen atoms in total. The summed E-state index contributed by atoms with van der Waals surface area (Å²) in [5, 5.41) is 0.868. The molecule has 0 aliphatic carbocycles. The largest absolute Gasteiger partial charge is 0.459 e. The second-order valence-corrected chi connectivity index (χ2v) is 7.54. The number of carbonyl (C=O) groups excluding carboxylic acids is 1. The molecule has 3 aromatic rings. The average Bonchev–Trinajstić information content (AvgIpc) is 3.09. The highest BCUT2D eigenvalue weighted by Crippen LogP contribution is 2.30. The minimum absolute atomic E-state index is 0.0789. The number of esters is 1. The topological polar surface area (TPSA) is 69.5 Å². The van der Waals surface area contributed by atoms with E-state index in [0.717, 1.165) is 29.4 Å². The van der Waals surface area contributed by atoms with Gasteiger partial charge in [0.15, 0.2) is 0 Å². The number of aromatic nitrogens is 3. The fraction of sp³-hybridized carbons (Fsp3) is 0.381. The Balaban J connectivity index is 1.44. The molecule has 0 unspecified atom stereocenters. The number of likely N-dealkylation sites (N-methyl/N-ethyl adjacent to an activating group) is 1. The molecule has 5 rings (SSSR count). The number of carbonyl (C=O) groups is 1. The van der Waals surface area contributed by atoms with Gasteiger partial charge in [-0.15, -0.1) is 0 Å². The zero-order valence-corrected chi connectivity index (χ0v) is 15.7. The first-order chi connectivity index (χ1) is 13.7. The lowest BCUT2D eigenvalue weighted by atomic mass is 9.92. The number of benzene rings is 1. The van der Waals surface area contributed by atoms with E-state index in [1.54, 1.807) is 12.4 Å². The molecule has 0 N–H and O–H groups in total. The molecule has 144 valence electrons. The van der Waals surface area contributed by atoms with E-state index in [1.165, 1.54) is 6.33 Å². The van der Waals surface area contributed by atoms with Gasteiger partial charge in [-0.25, -0.2) is 14.8 Å². The van der Waals surface area contributed by atoms with E-state index in [9.17, 15) is 4.79 Å². The highest BCUT2D eigenvalue weighted by Gasteiger charge is 2.38. The van der Waals surface area contributed by atoms with Gasteiger partial charge in [-0.2, -0.15) is 0 Å². The van der Waals surface area contributed by atoms with E-state index in [0.29, 0.717) is 30.9 Å². The predicted octanol–water partition coefficient (Wildman–Crippen LogP) is 2.44. The van der Waals surface area contributed by atoms with Gasteiger partial charge in [0, 0.05) is 36.5 Å². The zero-order chi connectivity index (χ0) is 19.1. The summed E-state index contributed by atoms with van der Waals surface area (Å²) in [4.78, 5) is 23.6. The molecule has 4 heterocycles. The first kappa shape index (κ1) is 17.3. The molecule has 2 aromatic heterocycles. The molecule has 1 aromatic carbocycles. The molecule has 0 saturated carbocycles. The van der Waals surface area contributed by atoms with E-state index in [4.69, 9.17) is 9.47 Å². The Hall–Kier alpha value is -2.77. The van der Waals surface area contributed by atoms with Gasteiger partial charge >= 0.3 is 5.97 Å². The van der Waals surface area contributed by atoms with Crippen LogP contribution in [0.15, 0.2) is 49.2 Å². The van der Waals surface area contributed by atoms with Gasteiger partial charge in [0.2, 0.25) is 0 Å². The van der Waals surface area contributed by atoms with Gasteiger partial charge in [0.05, 0.1) is 42.4 Å². The predicted molar refractivity (Wildman–Crippen MR) is 103 cm³/mol. The minimum atomic E-state index is -0.277. The number of morpholine rings is 1. The van der Waals surface area contributed by atoms with E-state index in [1.807, 2.05) is 35.0 Å². The number of nitrogens with zero attached hydrogens (tertiary/aromatic N) is 4. The normalized spacial score (nSPS) is 25.0. The average molecular weight is 378 g/mol. The highest BCUT2D eigenvalue weighted by molar-refractivity contribution is 6.05. The first-order valence-corrected chi connectivity index (χ1v) is 9.57. The maximum absolute atomic E-state index is 13.1. The molecule has 2 aliphatic heterocycles. The lowest BCUT2D eigenvalue weighted by Gasteiger charge is -2.46. The summed E-state index contributed by atoms with van der Waals surface area (Å²) in [5.41, 5.74) is 2.31. The van der Waals surface area contributed by atoms with Crippen molar-refractivity contribution in [2.24, 2.45) is 0 Å². The Morgan fingerprint density at radius 3 is 2.61 bits per heavy atom. The number of piperidine rings is 1. The van der Waals surface area contributed by atoms with Crippen LogP contribution < -0.4 is 0 Å². The smallest absolute Gasteiger partial charge is 0.340 e. The van der Waals surface area contributed by atoms with Gasteiger partial charge in [-0.05, 0) is 13.1 Å². The van der Waals surface area contributed by atoms with Crippen LogP contribution in [0.4, 0.5) is 0 Å². The zero-order valence-electron chi connectivity index (χ0n) is 15.7. The van der Waals surface area contributed by atoms with E-state index >= 15 is 0 Å². The van der Waals surface area contributed by atoms with Crippen molar-refractivity contribution < 1.29 is 14.3 Å². The Morgan fingerprint density at radius 2 is 1.86 bits per heavy atom. The molecule has 2 saturated heterocycles. The van der Waals surface area contributed by atoms with E-state index < -0.39 is 0 Å². The molecule has 28 heavy (non-hydrogen) atoms. The number of fused-ring (bicyclic) bond motifs is 3. The molecule has 2 bridgehead atoms. The van der Waals surface area contributed by atoms with Crippen molar-refractivity contribution in [3.8, 4) is 5.69 Å². The van der Waals surface area contributed by atoms with Gasteiger partial charge < -0.3 is 14.0 Å². The lowest BCUT2D eigenvalue weighted by molar-refractivity contribution is -0.0970. The summed E-state index contributed by atoms with van der Waals surface area (Å²) in [5.74, 6) is -0.277. The van der Waals surface area contributed by atoms with Crippen molar-refractivity contribution in [1.29, 1.82) is 0 Å².